The zero-order valence-electron chi connectivity index (χ0n) is 10.2. The van der Waals surface area contributed by atoms with Crippen LogP contribution in [-0.4, -0.2) is 39.1 Å². The van der Waals surface area contributed by atoms with Crippen LogP contribution in [0, 0.1) is 0 Å². The summed E-state index contributed by atoms with van der Waals surface area (Å²) in [6.07, 6.45) is 1.36. The Morgan fingerprint density at radius 1 is 1.26 bits per heavy atom. The lowest BCUT2D eigenvalue weighted by Crippen LogP contribution is -2.20. The summed E-state index contributed by atoms with van der Waals surface area (Å²) >= 11 is 0. The predicted molar refractivity (Wildman–Crippen MR) is 66.3 cm³/mol. The fourth-order valence-corrected chi connectivity index (χ4v) is 1.45. The van der Waals surface area contributed by atoms with Gasteiger partial charge < -0.3 is 10.6 Å². The number of carbonyl (C=O) groups excluding carboxylic acids is 2. The molecule has 2 N–H and O–H groups in total. The van der Waals surface area contributed by atoms with Crippen molar-refractivity contribution in [1.29, 1.82) is 0 Å². The molecule has 1 heterocycles. The topological polar surface area (TPSA) is 102 Å². The second kappa shape index (κ2) is 5.71. The Morgan fingerprint density at radius 3 is 2.58 bits per heavy atom. The van der Waals surface area contributed by atoms with Crippen molar-refractivity contribution in [2.75, 3.05) is 12.4 Å². The van der Waals surface area contributed by atoms with Crippen LogP contribution < -0.4 is 10.6 Å². The zero-order chi connectivity index (χ0) is 13.7. The van der Waals surface area contributed by atoms with E-state index in [1.807, 2.05) is 0 Å². The first-order chi connectivity index (χ1) is 9.19. The number of benzene rings is 1. The number of amides is 2. The molecular weight excluding hydrogens is 248 g/mol. The molecule has 2 rings (SSSR count). The summed E-state index contributed by atoms with van der Waals surface area (Å²) in [4.78, 5) is 23.0. The molecule has 1 aromatic carbocycles. The van der Waals surface area contributed by atoms with Gasteiger partial charge in [-0.25, -0.2) is 4.68 Å². The quantitative estimate of drug-likeness (QED) is 0.783. The number of nitrogens with one attached hydrogen (secondary N) is 2. The van der Waals surface area contributed by atoms with Gasteiger partial charge in [0.15, 0.2) is 0 Å². The summed E-state index contributed by atoms with van der Waals surface area (Å²) in [5.74, 6) is -0.424. The van der Waals surface area contributed by atoms with Crippen LogP contribution in [0.4, 0.5) is 5.69 Å². The lowest BCUT2D eigenvalue weighted by atomic mass is 10.2. The molecule has 2 amide bonds. The highest BCUT2D eigenvalue weighted by Gasteiger charge is 2.06. The minimum Gasteiger partial charge on any atom is -0.355 e. The van der Waals surface area contributed by atoms with Gasteiger partial charge in [-0.3, -0.25) is 9.59 Å². The monoisotopic (exact) mass is 260 g/mol. The second-order valence-corrected chi connectivity index (χ2v) is 3.71. The van der Waals surface area contributed by atoms with Gasteiger partial charge in [0.25, 0.3) is 5.91 Å². The van der Waals surface area contributed by atoms with E-state index in [1.54, 1.807) is 31.3 Å². The van der Waals surface area contributed by atoms with Gasteiger partial charge in [0.05, 0.1) is 0 Å². The van der Waals surface area contributed by atoms with Gasteiger partial charge in [0, 0.05) is 18.3 Å². The number of tetrazole rings is 1. The van der Waals surface area contributed by atoms with E-state index in [9.17, 15) is 9.59 Å². The predicted octanol–water partition coefficient (Wildman–Crippen LogP) is -0.329. The molecular formula is C11H12N6O2. The van der Waals surface area contributed by atoms with Crippen molar-refractivity contribution in [3.05, 3.63) is 36.2 Å². The number of rotatable bonds is 4. The minimum absolute atomic E-state index is 0.0319. The molecule has 0 atom stereocenters. The van der Waals surface area contributed by atoms with Crippen LogP contribution in [-0.2, 0) is 11.3 Å². The van der Waals surface area contributed by atoms with E-state index in [1.165, 1.54) is 11.0 Å². The van der Waals surface area contributed by atoms with Gasteiger partial charge in [0.2, 0.25) is 5.91 Å². The van der Waals surface area contributed by atoms with E-state index in [-0.39, 0.29) is 18.4 Å². The third-order valence-electron chi connectivity index (χ3n) is 2.35. The molecule has 1 aromatic heterocycles. The number of hydrogen-bond acceptors (Lipinski definition) is 5. The maximum Gasteiger partial charge on any atom is 0.251 e. The molecule has 0 spiro atoms. The molecule has 19 heavy (non-hydrogen) atoms. The summed E-state index contributed by atoms with van der Waals surface area (Å²) < 4.78 is 1.31. The first kappa shape index (κ1) is 12.7. The van der Waals surface area contributed by atoms with Crippen LogP contribution in [0.5, 0.6) is 0 Å². The van der Waals surface area contributed by atoms with Gasteiger partial charge in [0.1, 0.15) is 12.9 Å². The smallest absolute Gasteiger partial charge is 0.251 e. The molecule has 0 saturated heterocycles. The third-order valence-corrected chi connectivity index (χ3v) is 2.35. The van der Waals surface area contributed by atoms with E-state index in [2.05, 4.69) is 26.2 Å². The average molecular weight is 260 g/mol. The lowest BCUT2D eigenvalue weighted by molar-refractivity contribution is -0.116. The van der Waals surface area contributed by atoms with Crippen molar-refractivity contribution in [2.45, 2.75) is 6.54 Å². The molecule has 0 aliphatic heterocycles. The largest absolute Gasteiger partial charge is 0.355 e. The Labute approximate surface area is 108 Å². The summed E-state index contributed by atoms with van der Waals surface area (Å²) in [7, 11) is 1.56. The highest BCUT2D eigenvalue weighted by atomic mass is 16.2. The molecule has 0 fully saturated rings. The molecule has 0 aliphatic rings. The Bertz CT molecular complexity index is 563. The third kappa shape index (κ3) is 3.35. The normalized spacial score (nSPS) is 9.95. The molecule has 0 aliphatic carbocycles. The number of carbonyl (C=O) groups is 2. The minimum atomic E-state index is -0.250. The fourth-order valence-electron chi connectivity index (χ4n) is 1.45. The SMILES string of the molecule is CNC(=O)c1ccc(NC(=O)Cn2cnnn2)cc1. The van der Waals surface area contributed by atoms with Gasteiger partial charge in [-0.15, -0.1) is 5.10 Å². The number of anilines is 1. The van der Waals surface area contributed by atoms with Gasteiger partial charge in [-0.1, -0.05) is 0 Å². The van der Waals surface area contributed by atoms with Crippen LogP contribution >= 0.6 is 0 Å². The average Bonchev–Trinajstić information content (AvgIpc) is 2.91. The summed E-state index contributed by atoms with van der Waals surface area (Å²) in [5, 5.41) is 15.6. The van der Waals surface area contributed by atoms with E-state index in [0.717, 1.165) is 0 Å². The van der Waals surface area contributed by atoms with Crippen LogP contribution in [0.1, 0.15) is 10.4 Å². The molecule has 0 radical (unpaired) electrons. The van der Waals surface area contributed by atoms with E-state index in [4.69, 9.17) is 0 Å². The number of aromatic nitrogens is 4. The maximum atomic E-state index is 11.6. The van der Waals surface area contributed by atoms with Crippen LogP contribution in [0.25, 0.3) is 0 Å². The molecule has 0 bridgehead atoms. The van der Waals surface area contributed by atoms with Gasteiger partial charge >= 0.3 is 0 Å². The van der Waals surface area contributed by atoms with E-state index < -0.39 is 0 Å². The summed E-state index contributed by atoms with van der Waals surface area (Å²) in [5.41, 5.74) is 1.13. The van der Waals surface area contributed by atoms with Crippen molar-refractivity contribution < 1.29 is 9.59 Å². The maximum absolute atomic E-state index is 11.6. The van der Waals surface area contributed by atoms with Crippen molar-refractivity contribution in [2.24, 2.45) is 0 Å². The summed E-state index contributed by atoms with van der Waals surface area (Å²) in [6, 6.07) is 6.57. The molecule has 0 unspecified atom stereocenters. The highest BCUT2D eigenvalue weighted by Crippen LogP contribution is 2.09. The number of hydrogen-bond donors (Lipinski definition) is 2. The Balaban J connectivity index is 1.96. The van der Waals surface area contributed by atoms with E-state index >= 15 is 0 Å². The highest BCUT2D eigenvalue weighted by molar-refractivity contribution is 5.95. The molecule has 98 valence electrons. The van der Waals surface area contributed by atoms with Gasteiger partial charge in [-0.2, -0.15) is 0 Å². The van der Waals surface area contributed by atoms with Crippen LogP contribution in [0.15, 0.2) is 30.6 Å². The molecule has 8 heteroatoms. The Hall–Kier alpha value is -2.77. The molecule has 0 saturated carbocycles. The number of nitrogens with zero attached hydrogens (tertiary/aromatic N) is 4. The summed E-state index contributed by atoms with van der Waals surface area (Å²) in [6.45, 7) is 0.0319. The molecule has 8 nitrogen and oxygen atoms in total. The fraction of sp³-hybridized carbons (Fsp3) is 0.182. The Morgan fingerprint density at radius 2 is 2.00 bits per heavy atom. The van der Waals surface area contributed by atoms with Crippen molar-refractivity contribution >= 4 is 17.5 Å². The second-order valence-electron chi connectivity index (χ2n) is 3.71. The zero-order valence-corrected chi connectivity index (χ0v) is 10.2. The first-order valence-electron chi connectivity index (χ1n) is 5.52. The standard InChI is InChI=1S/C11H12N6O2/c1-12-11(19)8-2-4-9(5-3-8)14-10(18)6-17-7-13-15-16-17/h2-5,7H,6H2,1H3,(H,12,19)(H,14,18). The van der Waals surface area contributed by atoms with Crippen molar-refractivity contribution in [1.82, 2.24) is 25.5 Å². The first-order valence-corrected chi connectivity index (χ1v) is 5.52. The lowest BCUT2D eigenvalue weighted by Gasteiger charge is -2.05. The molecule has 2 aromatic rings. The van der Waals surface area contributed by atoms with Crippen LogP contribution in [0.2, 0.25) is 0 Å². The van der Waals surface area contributed by atoms with Gasteiger partial charge in [-0.05, 0) is 34.7 Å². The van der Waals surface area contributed by atoms with Crippen LogP contribution in [0.3, 0.4) is 0 Å². The van der Waals surface area contributed by atoms with Crippen molar-refractivity contribution in [3.63, 3.8) is 0 Å². The van der Waals surface area contributed by atoms with Crippen molar-refractivity contribution in [3.8, 4) is 0 Å². The van der Waals surface area contributed by atoms with E-state index in [0.29, 0.717) is 11.3 Å². The Kier molecular flexibility index (Phi) is 3.81.